The average molecular weight is 262 g/mol. The molecule has 0 amide bonds. The molecule has 1 heterocycles. The van der Waals surface area contributed by atoms with E-state index in [2.05, 4.69) is 20.9 Å². The van der Waals surface area contributed by atoms with Crippen LogP contribution in [0.1, 0.15) is 17.4 Å². The van der Waals surface area contributed by atoms with Crippen molar-refractivity contribution >= 4 is 21.9 Å². The normalized spacial score (nSPS) is 9.86. The van der Waals surface area contributed by atoms with E-state index < -0.39 is 17.4 Å². The van der Waals surface area contributed by atoms with E-state index in [0.717, 1.165) is 0 Å². The first-order valence-electron chi connectivity index (χ1n) is 3.81. The van der Waals surface area contributed by atoms with Crippen molar-refractivity contribution < 1.29 is 19.7 Å². The highest BCUT2D eigenvalue weighted by Gasteiger charge is 2.17. The standard InChI is InChI=1S/C8H8BrNO4/c1-2-14-4-3-5(9)10-6(7(4)11)8(12)13/h3,11H,2H2,1H3,(H,12,13). The zero-order chi connectivity index (χ0) is 10.7. The van der Waals surface area contributed by atoms with Gasteiger partial charge < -0.3 is 14.9 Å². The van der Waals surface area contributed by atoms with E-state index in [1.165, 1.54) is 6.07 Å². The highest BCUT2D eigenvalue weighted by atomic mass is 79.9. The molecule has 0 aliphatic rings. The van der Waals surface area contributed by atoms with Crippen LogP contribution in [0.2, 0.25) is 0 Å². The van der Waals surface area contributed by atoms with E-state index >= 15 is 0 Å². The zero-order valence-electron chi connectivity index (χ0n) is 7.32. The zero-order valence-corrected chi connectivity index (χ0v) is 8.91. The molecule has 6 heteroatoms. The maximum absolute atomic E-state index is 10.6. The van der Waals surface area contributed by atoms with Crippen LogP contribution in [0.5, 0.6) is 11.5 Å². The van der Waals surface area contributed by atoms with Crippen LogP contribution in [-0.4, -0.2) is 27.8 Å². The fourth-order valence-corrected chi connectivity index (χ4v) is 1.29. The summed E-state index contributed by atoms with van der Waals surface area (Å²) < 4.78 is 5.33. The molecule has 2 N–H and O–H groups in total. The Balaban J connectivity index is 3.24. The van der Waals surface area contributed by atoms with Gasteiger partial charge >= 0.3 is 5.97 Å². The first-order chi connectivity index (χ1) is 6.56. The largest absolute Gasteiger partial charge is 0.503 e. The Kier molecular flexibility index (Phi) is 3.29. The molecule has 0 bridgehead atoms. The van der Waals surface area contributed by atoms with Crippen LogP contribution >= 0.6 is 15.9 Å². The molecule has 0 aliphatic carbocycles. The lowest BCUT2D eigenvalue weighted by Crippen LogP contribution is -2.03. The molecular formula is C8H8BrNO4. The molecule has 1 rings (SSSR count). The van der Waals surface area contributed by atoms with Crippen molar-refractivity contribution in [2.24, 2.45) is 0 Å². The number of carbonyl (C=O) groups is 1. The number of halogens is 1. The highest BCUT2D eigenvalue weighted by molar-refractivity contribution is 9.10. The van der Waals surface area contributed by atoms with Crippen molar-refractivity contribution in [1.29, 1.82) is 0 Å². The van der Waals surface area contributed by atoms with Gasteiger partial charge in [0, 0.05) is 6.07 Å². The molecule has 1 aromatic heterocycles. The third-order valence-electron chi connectivity index (χ3n) is 1.43. The fraction of sp³-hybridized carbons (Fsp3) is 0.250. The lowest BCUT2D eigenvalue weighted by Gasteiger charge is -2.07. The summed E-state index contributed by atoms with van der Waals surface area (Å²) in [7, 11) is 0. The Morgan fingerprint density at radius 1 is 1.71 bits per heavy atom. The third-order valence-corrected chi connectivity index (χ3v) is 1.84. The first-order valence-corrected chi connectivity index (χ1v) is 4.61. The predicted octanol–water partition coefficient (Wildman–Crippen LogP) is 1.65. The molecule has 0 fully saturated rings. The van der Waals surface area contributed by atoms with Crippen LogP contribution < -0.4 is 4.74 Å². The first kappa shape index (κ1) is 10.8. The van der Waals surface area contributed by atoms with E-state index in [0.29, 0.717) is 11.2 Å². The van der Waals surface area contributed by atoms with E-state index in [1.807, 2.05) is 0 Å². The number of hydrogen-bond acceptors (Lipinski definition) is 4. The predicted molar refractivity (Wildman–Crippen MR) is 51.7 cm³/mol. The number of pyridine rings is 1. The van der Waals surface area contributed by atoms with Crippen molar-refractivity contribution in [2.75, 3.05) is 6.61 Å². The molecule has 0 saturated carbocycles. The van der Waals surface area contributed by atoms with Gasteiger partial charge in [0.2, 0.25) is 0 Å². The van der Waals surface area contributed by atoms with Gasteiger partial charge in [0.25, 0.3) is 0 Å². The van der Waals surface area contributed by atoms with Crippen LogP contribution in [-0.2, 0) is 0 Å². The number of hydrogen-bond donors (Lipinski definition) is 2. The minimum atomic E-state index is -1.30. The molecule has 76 valence electrons. The van der Waals surface area contributed by atoms with Gasteiger partial charge in [-0.1, -0.05) is 0 Å². The van der Waals surface area contributed by atoms with Crippen LogP contribution in [0.3, 0.4) is 0 Å². The second-order valence-electron chi connectivity index (χ2n) is 2.38. The van der Waals surface area contributed by atoms with Crippen molar-refractivity contribution in [3.05, 3.63) is 16.4 Å². The summed E-state index contributed by atoms with van der Waals surface area (Å²) in [6.07, 6.45) is 0. The van der Waals surface area contributed by atoms with Crippen molar-refractivity contribution in [3.63, 3.8) is 0 Å². The average Bonchev–Trinajstić information content (AvgIpc) is 2.10. The quantitative estimate of drug-likeness (QED) is 0.809. The summed E-state index contributed by atoms with van der Waals surface area (Å²) in [5.41, 5.74) is -0.428. The molecule has 0 saturated heterocycles. The minimum absolute atomic E-state index is 0.103. The number of aromatic carboxylic acids is 1. The lowest BCUT2D eigenvalue weighted by molar-refractivity contribution is 0.0685. The second-order valence-corrected chi connectivity index (χ2v) is 3.19. The Morgan fingerprint density at radius 2 is 2.36 bits per heavy atom. The topological polar surface area (TPSA) is 79.7 Å². The van der Waals surface area contributed by atoms with Gasteiger partial charge in [-0.25, -0.2) is 9.78 Å². The SMILES string of the molecule is CCOc1cc(Br)nc(C(=O)O)c1O. The maximum atomic E-state index is 10.6. The second kappa shape index (κ2) is 4.28. The number of ether oxygens (including phenoxy) is 1. The summed E-state index contributed by atoms with van der Waals surface area (Å²) in [5, 5.41) is 18.1. The monoisotopic (exact) mass is 261 g/mol. The Labute approximate surface area is 88.5 Å². The summed E-state index contributed by atoms with van der Waals surface area (Å²) in [6, 6.07) is 1.41. The Morgan fingerprint density at radius 3 is 2.86 bits per heavy atom. The fourth-order valence-electron chi connectivity index (χ4n) is 0.900. The molecule has 0 aliphatic heterocycles. The lowest BCUT2D eigenvalue weighted by atomic mass is 10.3. The Hall–Kier alpha value is -1.30. The van der Waals surface area contributed by atoms with Gasteiger partial charge in [0.1, 0.15) is 4.60 Å². The van der Waals surface area contributed by atoms with Crippen molar-refractivity contribution in [2.45, 2.75) is 6.92 Å². The molecular weight excluding hydrogens is 254 g/mol. The molecule has 1 aromatic rings. The summed E-state index contributed by atoms with van der Waals surface area (Å²) in [4.78, 5) is 14.2. The number of aromatic hydroxyl groups is 1. The molecule has 0 unspecified atom stereocenters. The van der Waals surface area contributed by atoms with E-state index in [1.54, 1.807) is 6.92 Å². The molecule has 14 heavy (non-hydrogen) atoms. The van der Waals surface area contributed by atoms with Gasteiger partial charge in [-0.2, -0.15) is 0 Å². The number of carboxylic acids is 1. The third kappa shape index (κ3) is 2.14. The van der Waals surface area contributed by atoms with Crippen LogP contribution in [0.25, 0.3) is 0 Å². The highest BCUT2D eigenvalue weighted by Crippen LogP contribution is 2.31. The molecule has 5 nitrogen and oxygen atoms in total. The minimum Gasteiger partial charge on any atom is -0.503 e. The maximum Gasteiger partial charge on any atom is 0.358 e. The summed E-state index contributed by atoms with van der Waals surface area (Å²) in [6.45, 7) is 2.07. The molecule has 0 aromatic carbocycles. The smallest absolute Gasteiger partial charge is 0.358 e. The van der Waals surface area contributed by atoms with E-state index in [4.69, 9.17) is 9.84 Å². The van der Waals surface area contributed by atoms with Crippen LogP contribution in [0.15, 0.2) is 10.7 Å². The molecule has 0 radical (unpaired) electrons. The van der Waals surface area contributed by atoms with Gasteiger partial charge in [-0.15, -0.1) is 0 Å². The number of nitrogens with zero attached hydrogens (tertiary/aromatic N) is 1. The van der Waals surface area contributed by atoms with Crippen LogP contribution in [0.4, 0.5) is 0 Å². The van der Waals surface area contributed by atoms with Gasteiger partial charge in [0.15, 0.2) is 17.2 Å². The van der Waals surface area contributed by atoms with E-state index in [9.17, 15) is 9.90 Å². The van der Waals surface area contributed by atoms with Crippen molar-refractivity contribution in [3.8, 4) is 11.5 Å². The van der Waals surface area contributed by atoms with Gasteiger partial charge in [0.05, 0.1) is 6.61 Å². The number of rotatable bonds is 3. The molecule has 0 spiro atoms. The molecule has 0 atom stereocenters. The number of aromatic nitrogens is 1. The van der Waals surface area contributed by atoms with Crippen LogP contribution in [0, 0.1) is 0 Å². The van der Waals surface area contributed by atoms with E-state index in [-0.39, 0.29) is 5.75 Å². The Bertz CT molecular complexity index is 367. The van der Waals surface area contributed by atoms with Gasteiger partial charge in [-0.3, -0.25) is 0 Å². The number of carboxylic acid groups (broad SMARTS) is 1. The van der Waals surface area contributed by atoms with Gasteiger partial charge in [-0.05, 0) is 22.9 Å². The summed E-state index contributed by atoms with van der Waals surface area (Å²) in [5.74, 6) is -1.65. The summed E-state index contributed by atoms with van der Waals surface area (Å²) >= 11 is 3.02. The van der Waals surface area contributed by atoms with Crippen molar-refractivity contribution in [1.82, 2.24) is 4.98 Å².